The number of aromatic nitrogens is 7. The van der Waals surface area contributed by atoms with Crippen LogP contribution in [0, 0.1) is 17.8 Å². The molecule has 3 heterocycles. The van der Waals surface area contributed by atoms with Gasteiger partial charge in [0.2, 0.25) is 0 Å². The van der Waals surface area contributed by atoms with Crippen LogP contribution in [0.4, 0.5) is 0 Å². The summed E-state index contributed by atoms with van der Waals surface area (Å²) in [6.45, 7) is 9.74. The summed E-state index contributed by atoms with van der Waals surface area (Å²) in [5, 5.41) is 14.2. The highest BCUT2D eigenvalue weighted by Gasteiger charge is 2.33. The van der Waals surface area contributed by atoms with E-state index in [1.165, 1.54) is 32.1 Å². The van der Waals surface area contributed by atoms with Gasteiger partial charge >= 0.3 is 5.69 Å². The Bertz CT molecular complexity index is 1420. The van der Waals surface area contributed by atoms with E-state index in [1.807, 2.05) is 35.2 Å². The molecule has 8 heteroatoms. The van der Waals surface area contributed by atoms with Gasteiger partial charge in [-0.3, -0.25) is 14.1 Å². The molecule has 1 fully saturated rings. The van der Waals surface area contributed by atoms with E-state index in [0.717, 1.165) is 47.2 Å². The maximum Gasteiger partial charge on any atom is 0.328 e. The Labute approximate surface area is 237 Å². The second-order valence-electron chi connectivity index (χ2n) is 11.9. The zero-order valence-electron chi connectivity index (χ0n) is 24.4. The van der Waals surface area contributed by atoms with E-state index in [0.29, 0.717) is 30.1 Å². The minimum Gasteiger partial charge on any atom is -0.295 e. The van der Waals surface area contributed by atoms with E-state index in [-0.39, 0.29) is 11.7 Å². The van der Waals surface area contributed by atoms with Gasteiger partial charge in [-0.15, -0.1) is 5.10 Å². The number of aryl methyl sites for hydroxylation is 1. The van der Waals surface area contributed by atoms with E-state index in [4.69, 9.17) is 0 Å². The fraction of sp³-hybridized carbons (Fsp3) is 0.531. The van der Waals surface area contributed by atoms with Crippen molar-refractivity contribution in [1.29, 1.82) is 0 Å². The van der Waals surface area contributed by atoms with Gasteiger partial charge in [-0.2, -0.15) is 0 Å². The highest BCUT2D eigenvalue weighted by Crippen LogP contribution is 2.39. The van der Waals surface area contributed by atoms with Gasteiger partial charge in [-0.25, -0.2) is 9.89 Å². The standard InChI is InChI=1S/C32H43N7O/c1-5-6-11-27-21-39(30-23(4)10-8-7-9-12-28(30)22(2)3)32(40)38(27)20-26-19-33-18-17-29(26)24-13-15-25(16-14-24)31-34-36-37-35-31/h13-19,21-23,28,30H,5-12,20H2,1-4H3,(H,34,35,36,37). The van der Waals surface area contributed by atoms with Crippen LogP contribution in [0.3, 0.4) is 0 Å². The molecule has 1 N–H and O–H groups in total. The third kappa shape index (κ3) is 5.96. The van der Waals surface area contributed by atoms with Crippen molar-refractivity contribution in [2.24, 2.45) is 17.8 Å². The topological polar surface area (TPSA) is 94.3 Å². The molecule has 0 spiro atoms. The Morgan fingerprint density at radius 1 is 1.05 bits per heavy atom. The fourth-order valence-electron chi connectivity index (χ4n) is 6.58. The molecule has 4 aromatic rings. The second-order valence-corrected chi connectivity index (χ2v) is 11.9. The van der Waals surface area contributed by atoms with E-state index in [2.05, 4.69) is 76.2 Å². The molecule has 3 atom stereocenters. The lowest BCUT2D eigenvalue weighted by Crippen LogP contribution is -2.37. The summed E-state index contributed by atoms with van der Waals surface area (Å²) in [5.74, 6) is 2.17. The molecular weight excluding hydrogens is 498 g/mol. The van der Waals surface area contributed by atoms with Gasteiger partial charge in [-0.1, -0.05) is 77.6 Å². The van der Waals surface area contributed by atoms with Crippen LogP contribution >= 0.6 is 0 Å². The lowest BCUT2D eigenvalue weighted by Gasteiger charge is -2.37. The summed E-state index contributed by atoms with van der Waals surface area (Å²) >= 11 is 0. The first-order chi connectivity index (χ1) is 19.5. The highest BCUT2D eigenvalue weighted by atomic mass is 16.1. The van der Waals surface area contributed by atoms with Crippen molar-refractivity contribution in [2.75, 3.05) is 0 Å². The molecule has 1 aromatic carbocycles. The minimum atomic E-state index is 0.122. The summed E-state index contributed by atoms with van der Waals surface area (Å²) in [4.78, 5) is 18.7. The first kappa shape index (κ1) is 28.0. The Morgan fingerprint density at radius 2 is 1.82 bits per heavy atom. The van der Waals surface area contributed by atoms with Crippen LogP contribution in [-0.2, 0) is 13.0 Å². The molecule has 3 aromatic heterocycles. The molecule has 0 saturated heterocycles. The molecule has 3 unspecified atom stereocenters. The SMILES string of the molecule is CCCCc1cn(C2C(C)CCCCCC2C(C)C)c(=O)n1Cc1cnccc1-c1ccc(-c2nnn[nH]2)cc1. The summed E-state index contributed by atoms with van der Waals surface area (Å²) < 4.78 is 4.15. The van der Waals surface area contributed by atoms with E-state index < -0.39 is 0 Å². The molecule has 8 nitrogen and oxygen atoms in total. The molecule has 0 amide bonds. The van der Waals surface area contributed by atoms with Crippen LogP contribution in [0.15, 0.2) is 53.7 Å². The number of imidazole rings is 1. The lowest BCUT2D eigenvalue weighted by molar-refractivity contribution is 0.151. The van der Waals surface area contributed by atoms with Gasteiger partial charge in [-0.05, 0) is 76.6 Å². The second kappa shape index (κ2) is 12.7. The molecule has 0 aliphatic heterocycles. The van der Waals surface area contributed by atoms with Crippen LogP contribution in [0.25, 0.3) is 22.5 Å². The molecule has 212 valence electrons. The average Bonchev–Trinajstić information content (AvgIpc) is 3.59. The van der Waals surface area contributed by atoms with Gasteiger partial charge in [0.1, 0.15) is 0 Å². The quantitative estimate of drug-likeness (QED) is 0.255. The van der Waals surface area contributed by atoms with Crippen LogP contribution in [0.5, 0.6) is 0 Å². The van der Waals surface area contributed by atoms with Crippen molar-refractivity contribution in [2.45, 2.75) is 91.6 Å². The number of hydrogen-bond donors (Lipinski definition) is 1. The summed E-state index contributed by atoms with van der Waals surface area (Å²) in [7, 11) is 0. The number of nitrogens with one attached hydrogen (secondary N) is 1. The van der Waals surface area contributed by atoms with Crippen LogP contribution in [-0.4, -0.2) is 34.7 Å². The third-order valence-corrected chi connectivity index (χ3v) is 8.82. The largest absolute Gasteiger partial charge is 0.328 e. The average molecular weight is 542 g/mol. The first-order valence-corrected chi connectivity index (χ1v) is 15.1. The fourth-order valence-corrected chi connectivity index (χ4v) is 6.58. The molecule has 1 aliphatic carbocycles. The Balaban J connectivity index is 1.52. The molecule has 0 radical (unpaired) electrons. The zero-order valence-corrected chi connectivity index (χ0v) is 24.4. The Kier molecular flexibility index (Phi) is 8.92. The number of tetrazole rings is 1. The first-order valence-electron chi connectivity index (χ1n) is 15.1. The molecule has 1 saturated carbocycles. The van der Waals surface area contributed by atoms with Crippen molar-refractivity contribution in [1.82, 2.24) is 34.7 Å². The third-order valence-electron chi connectivity index (χ3n) is 8.82. The smallest absolute Gasteiger partial charge is 0.295 e. The van der Waals surface area contributed by atoms with Gasteiger partial charge in [0, 0.05) is 35.9 Å². The van der Waals surface area contributed by atoms with Gasteiger partial charge in [0.05, 0.1) is 6.54 Å². The zero-order chi connectivity index (χ0) is 28.1. The van der Waals surface area contributed by atoms with Gasteiger partial charge in [0.15, 0.2) is 5.82 Å². The number of pyridine rings is 1. The van der Waals surface area contributed by atoms with Crippen molar-refractivity contribution in [3.05, 3.63) is 70.7 Å². The van der Waals surface area contributed by atoms with Gasteiger partial charge < -0.3 is 0 Å². The molecule has 40 heavy (non-hydrogen) atoms. The molecular formula is C32H43N7O. The Morgan fingerprint density at radius 3 is 2.55 bits per heavy atom. The number of benzene rings is 1. The lowest BCUT2D eigenvalue weighted by atomic mass is 9.75. The number of rotatable bonds is 9. The number of H-pyrrole nitrogens is 1. The number of nitrogens with zero attached hydrogens (tertiary/aromatic N) is 6. The van der Waals surface area contributed by atoms with Gasteiger partial charge in [0.25, 0.3) is 0 Å². The highest BCUT2D eigenvalue weighted by molar-refractivity contribution is 5.69. The Hall–Kier alpha value is -3.55. The number of aromatic amines is 1. The summed E-state index contributed by atoms with van der Waals surface area (Å²) in [5.41, 5.74) is 5.37. The number of unbranched alkanes of at least 4 members (excludes halogenated alkanes) is 1. The van der Waals surface area contributed by atoms with E-state index in [1.54, 1.807) is 0 Å². The predicted octanol–water partition coefficient (Wildman–Crippen LogP) is 6.70. The molecule has 0 bridgehead atoms. The maximum atomic E-state index is 14.3. The van der Waals surface area contributed by atoms with Crippen molar-refractivity contribution in [3.63, 3.8) is 0 Å². The molecule has 1 aliphatic rings. The van der Waals surface area contributed by atoms with E-state index in [9.17, 15) is 4.79 Å². The van der Waals surface area contributed by atoms with Crippen LogP contribution < -0.4 is 5.69 Å². The normalized spacial score (nSPS) is 20.0. The minimum absolute atomic E-state index is 0.122. The summed E-state index contributed by atoms with van der Waals surface area (Å²) in [6.07, 6.45) is 15.2. The summed E-state index contributed by atoms with van der Waals surface area (Å²) in [6, 6.07) is 10.5. The number of hydrogen-bond acceptors (Lipinski definition) is 5. The van der Waals surface area contributed by atoms with Crippen LogP contribution in [0.2, 0.25) is 0 Å². The maximum absolute atomic E-state index is 14.3. The van der Waals surface area contributed by atoms with Crippen molar-refractivity contribution >= 4 is 0 Å². The van der Waals surface area contributed by atoms with Crippen molar-refractivity contribution in [3.8, 4) is 22.5 Å². The van der Waals surface area contributed by atoms with Crippen molar-refractivity contribution < 1.29 is 0 Å². The predicted molar refractivity (Wildman–Crippen MR) is 159 cm³/mol. The monoisotopic (exact) mass is 541 g/mol. The molecule has 5 rings (SSSR count). The van der Waals surface area contributed by atoms with Crippen LogP contribution in [0.1, 0.15) is 89.9 Å². The van der Waals surface area contributed by atoms with E-state index >= 15 is 0 Å².